The summed E-state index contributed by atoms with van der Waals surface area (Å²) in [6.07, 6.45) is 1.80. The number of aryl methyl sites for hydroxylation is 1. The number of rotatable bonds is 5. The number of hydrogen-bond donors (Lipinski definition) is 3. The fraction of sp³-hybridized carbons (Fsp3) is 0.556. The molecule has 0 amide bonds. The lowest BCUT2D eigenvalue weighted by Gasteiger charge is -2.17. The molecule has 1 aromatic rings. The standard InChI is InChI=1S/C9H15N3O3/c1-9(15,8(13)14)6-10-5-7-3-4-12(2)11-7/h3-4,10,15H,5-6H2,1-2H3,(H,13,14). The zero-order valence-electron chi connectivity index (χ0n) is 8.77. The highest BCUT2D eigenvalue weighted by Crippen LogP contribution is 2.01. The van der Waals surface area contributed by atoms with Gasteiger partial charge in [-0.05, 0) is 13.0 Å². The van der Waals surface area contributed by atoms with Gasteiger partial charge < -0.3 is 15.5 Å². The monoisotopic (exact) mass is 213 g/mol. The molecule has 0 aliphatic carbocycles. The summed E-state index contributed by atoms with van der Waals surface area (Å²) in [5.41, 5.74) is -0.937. The van der Waals surface area contributed by atoms with E-state index in [4.69, 9.17) is 5.11 Å². The van der Waals surface area contributed by atoms with E-state index >= 15 is 0 Å². The molecular weight excluding hydrogens is 198 g/mol. The molecule has 6 heteroatoms. The molecular formula is C9H15N3O3. The van der Waals surface area contributed by atoms with E-state index in [1.165, 1.54) is 6.92 Å². The number of aliphatic hydroxyl groups is 1. The van der Waals surface area contributed by atoms with Gasteiger partial charge in [0.2, 0.25) is 0 Å². The van der Waals surface area contributed by atoms with Crippen LogP contribution in [0.3, 0.4) is 0 Å². The van der Waals surface area contributed by atoms with Crippen LogP contribution < -0.4 is 5.32 Å². The summed E-state index contributed by atoms with van der Waals surface area (Å²) < 4.78 is 1.66. The van der Waals surface area contributed by atoms with Crippen LogP contribution in [0.25, 0.3) is 0 Å². The minimum atomic E-state index is -1.74. The van der Waals surface area contributed by atoms with Gasteiger partial charge in [-0.1, -0.05) is 0 Å². The second-order valence-electron chi connectivity index (χ2n) is 3.66. The van der Waals surface area contributed by atoms with Crippen molar-refractivity contribution in [3.63, 3.8) is 0 Å². The molecule has 1 unspecified atom stereocenters. The Kier molecular flexibility index (Phi) is 3.43. The predicted octanol–water partition coefficient (Wildman–Crippen LogP) is -0.655. The summed E-state index contributed by atoms with van der Waals surface area (Å²) >= 11 is 0. The topological polar surface area (TPSA) is 87.4 Å². The Morgan fingerprint density at radius 1 is 1.73 bits per heavy atom. The molecule has 0 radical (unpaired) electrons. The van der Waals surface area contributed by atoms with Crippen molar-refractivity contribution in [2.75, 3.05) is 6.54 Å². The first-order chi connectivity index (χ1) is 6.92. The number of carboxylic acid groups (broad SMARTS) is 1. The van der Waals surface area contributed by atoms with E-state index in [9.17, 15) is 9.90 Å². The SMILES string of the molecule is Cn1ccc(CNCC(C)(O)C(=O)O)n1. The lowest BCUT2D eigenvalue weighted by molar-refractivity contribution is -0.156. The van der Waals surface area contributed by atoms with E-state index in [0.717, 1.165) is 5.69 Å². The quantitative estimate of drug-likeness (QED) is 0.604. The van der Waals surface area contributed by atoms with Crippen LogP contribution in [0.4, 0.5) is 0 Å². The van der Waals surface area contributed by atoms with E-state index in [1.807, 2.05) is 6.07 Å². The van der Waals surface area contributed by atoms with Gasteiger partial charge in [-0.3, -0.25) is 4.68 Å². The molecule has 0 spiro atoms. The minimum absolute atomic E-state index is 0.0150. The van der Waals surface area contributed by atoms with E-state index in [-0.39, 0.29) is 6.54 Å². The zero-order valence-corrected chi connectivity index (χ0v) is 8.77. The van der Waals surface area contributed by atoms with Gasteiger partial charge in [0.1, 0.15) is 0 Å². The molecule has 1 atom stereocenters. The molecule has 6 nitrogen and oxygen atoms in total. The van der Waals surface area contributed by atoms with Crippen LogP contribution in [0.5, 0.6) is 0 Å². The molecule has 1 rings (SSSR count). The first-order valence-corrected chi connectivity index (χ1v) is 4.57. The lowest BCUT2D eigenvalue weighted by Crippen LogP contribution is -2.44. The lowest BCUT2D eigenvalue weighted by atomic mass is 10.1. The van der Waals surface area contributed by atoms with Crippen LogP contribution in [-0.2, 0) is 18.4 Å². The van der Waals surface area contributed by atoms with Gasteiger partial charge in [-0.25, -0.2) is 4.79 Å². The van der Waals surface area contributed by atoms with Gasteiger partial charge in [0, 0.05) is 26.3 Å². The van der Waals surface area contributed by atoms with Crippen LogP contribution in [-0.4, -0.2) is 38.1 Å². The molecule has 1 heterocycles. The Morgan fingerprint density at radius 3 is 2.87 bits per heavy atom. The van der Waals surface area contributed by atoms with Crippen molar-refractivity contribution < 1.29 is 15.0 Å². The summed E-state index contributed by atoms with van der Waals surface area (Å²) in [6.45, 7) is 1.67. The van der Waals surface area contributed by atoms with Crippen LogP contribution in [0.2, 0.25) is 0 Å². The first-order valence-electron chi connectivity index (χ1n) is 4.57. The first kappa shape index (κ1) is 11.7. The van der Waals surface area contributed by atoms with Crippen molar-refractivity contribution in [2.45, 2.75) is 19.1 Å². The van der Waals surface area contributed by atoms with Crippen molar-refractivity contribution in [2.24, 2.45) is 7.05 Å². The Bertz CT molecular complexity index is 346. The third-order valence-corrected chi connectivity index (χ3v) is 2.00. The van der Waals surface area contributed by atoms with Crippen LogP contribution in [0.15, 0.2) is 12.3 Å². The largest absolute Gasteiger partial charge is 0.479 e. The second kappa shape index (κ2) is 4.41. The molecule has 0 saturated carbocycles. The van der Waals surface area contributed by atoms with Crippen molar-refractivity contribution >= 4 is 5.97 Å². The maximum Gasteiger partial charge on any atom is 0.336 e. The molecule has 15 heavy (non-hydrogen) atoms. The van der Waals surface area contributed by atoms with Crippen molar-refractivity contribution in [3.05, 3.63) is 18.0 Å². The van der Waals surface area contributed by atoms with Gasteiger partial charge in [0.25, 0.3) is 0 Å². The molecule has 0 aliphatic rings. The van der Waals surface area contributed by atoms with Gasteiger partial charge in [0.15, 0.2) is 5.60 Å². The average Bonchev–Trinajstić information content (AvgIpc) is 2.51. The Balaban J connectivity index is 2.36. The highest BCUT2D eigenvalue weighted by molar-refractivity contribution is 5.76. The number of nitrogens with one attached hydrogen (secondary N) is 1. The smallest absolute Gasteiger partial charge is 0.336 e. The Morgan fingerprint density at radius 2 is 2.40 bits per heavy atom. The third-order valence-electron chi connectivity index (χ3n) is 2.00. The normalized spacial score (nSPS) is 14.9. The molecule has 0 aromatic carbocycles. The molecule has 0 saturated heterocycles. The molecule has 0 bridgehead atoms. The number of nitrogens with zero attached hydrogens (tertiary/aromatic N) is 2. The van der Waals surface area contributed by atoms with E-state index in [0.29, 0.717) is 6.54 Å². The highest BCUT2D eigenvalue weighted by atomic mass is 16.4. The molecule has 3 N–H and O–H groups in total. The van der Waals surface area contributed by atoms with Crippen LogP contribution in [0.1, 0.15) is 12.6 Å². The van der Waals surface area contributed by atoms with Crippen molar-refractivity contribution in [1.82, 2.24) is 15.1 Å². The zero-order chi connectivity index (χ0) is 11.5. The van der Waals surface area contributed by atoms with Gasteiger partial charge in [-0.2, -0.15) is 5.10 Å². The van der Waals surface area contributed by atoms with Gasteiger partial charge >= 0.3 is 5.97 Å². The highest BCUT2D eigenvalue weighted by Gasteiger charge is 2.29. The fourth-order valence-corrected chi connectivity index (χ4v) is 1.07. The average molecular weight is 213 g/mol. The van der Waals surface area contributed by atoms with Crippen molar-refractivity contribution in [3.8, 4) is 0 Å². The maximum atomic E-state index is 10.6. The Labute approximate surface area is 87.5 Å². The summed E-state index contributed by atoms with van der Waals surface area (Å²) in [5, 5.41) is 25.0. The second-order valence-corrected chi connectivity index (χ2v) is 3.66. The van der Waals surface area contributed by atoms with Crippen LogP contribution in [0, 0.1) is 0 Å². The number of carboxylic acids is 1. The minimum Gasteiger partial charge on any atom is -0.479 e. The van der Waals surface area contributed by atoms with Gasteiger partial charge in [0.05, 0.1) is 5.69 Å². The van der Waals surface area contributed by atoms with E-state index in [2.05, 4.69) is 10.4 Å². The number of aromatic nitrogens is 2. The molecule has 0 fully saturated rings. The summed E-state index contributed by atoms with van der Waals surface area (Å²) in [4.78, 5) is 10.6. The Hall–Kier alpha value is -1.40. The number of carbonyl (C=O) groups is 1. The van der Waals surface area contributed by atoms with Crippen LogP contribution >= 0.6 is 0 Å². The van der Waals surface area contributed by atoms with E-state index in [1.54, 1.807) is 17.9 Å². The summed E-state index contributed by atoms with van der Waals surface area (Å²) in [6, 6.07) is 1.82. The summed E-state index contributed by atoms with van der Waals surface area (Å²) in [7, 11) is 1.80. The molecule has 0 aliphatic heterocycles. The molecule has 84 valence electrons. The van der Waals surface area contributed by atoms with E-state index < -0.39 is 11.6 Å². The maximum absolute atomic E-state index is 10.6. The predicted molar refractivity (Wildman–Crippen MR) is 53.2 cm³/mol. The van der Waals surface area contributed by atoms with Gasteiger partial charge in [-0.15, -0.1) is 0 Å². The van der Waals surface area contributed by atoms with Crippen molar-refractivity contribution in [1.29, 1.82) is 0 Å². The molecule has 1 aromatic heterocycles. The summed E-state index contributed by atoms with van der Waals surface area (Å²) in [5.74, 6) is -1.24. The fourth-order valence-electron chi connectivity index (χ4n) is 1.07. The number of aliphatic carboxylic acids is 1. The number of hydrogen-bond acceptors (Lipinski definition) is 4. The third kappa shape index (κ3) is 3.34.